The van der Waals surface area contributed by atoms with E-state index in [0.29, 0.717) is 17.5 Å². The van der Waals surface area contributed by atoms with Gasteiger partial charge in [0, 0.05) is 5.39 Å². The number of amides is 1. The first-order chi connectivity index (χ1) is 11.7. The number of para-hydroxylation sites is 1. The zero-order valence-corrected chi connectivity index (χ0v) is 13.5. The van der Waals surface area contributed by atoms with Crippen LogP contribution < -0.4 is 11.0 Å². The van der Waals surface area contributed by atoms with E-state index in [1.54, 1.807) is 12.1 Å². The smallest absolute Gasteiger partial charge is 0.346 e. The first kappa shape index (κ1) is 15.3. The topological polar surface area (TPSA) is 84.1 Å². The number of aromatic nitrogens is 2. The van der Waals surface area contributed by atoms with Crippen LogP contribution in [0.4, 0.5) is 0 Å². The normalized spacial score (nSPS) is 22.8. The van der Waals surface area contributed by atoms with Crippen molar-refractivity contribution in [1.29, 1.82) is 0 Å². The van der Waals surface area contributed by atoms with Crippen molar-refractivity contribution in [3.8, 4) is 0 Å². The van der Waals surface area contributed by atoms with Crippen molar-refractivity contribution < 1.29 is 9.53 Å². The summed E-state index contributed by atoms with van der Waals surface area (Å²) in [6.45, 7) is 0.535. The monoisotopic (exact) mass is 327 g/mol. The molecule has 6 nitrogen and oxygen atoms in total. The first-order valence-corrected chi connectivity index (χ1v) is 8.59. The average Bonchev–Trinajstić information content (AvgIpc) is 2.96. The molecule has 2 heterocycles. The molecule has 0 bridgehead atoms. The van der Waals surface area contributed by atoms with E-state index in [4.69, 9.17) is 4.74 Å². The molecule has 1 saturated carbocycles. The highest BCUT2D eigenvalue weighted by Gasteiger charge is 2.41. The van der Waals surface area contributed by atoms with Crippen LogP contribution >= 0.6 is 0 Å². The Balaban J connectivity index is 1.54. The summed E-state index contributed by atoms with van der Waals surface area (Å²) in [6, 6.07) is 7.19. The van der Waals surface area contributed by atoms with Gasteiger partial charge in [-0.3, -0.25) is 4.79 Å². The van der Waals surface area contributed by atoms with Gasteiger partial charge in [-0.15, -0.1) is 0 Å². The fourth-order valence-electron chi connectivity index (χ4n) is 4.01. The highest BCUT2D eigenvalue weighted by Crippen LogP contribution is 2.39. The molecule has 2 fully saturated rings. The maximum atomic E-state index is 12.7. The van der Waals surface area contributed by atoms with Gasteiger partial charge in [-0.2, -0.15) is 4.98 Å². The lowest BCUT2D eigenvalue weighted by atomic mass is 9.82. The van der Waals surface area contributed by atoms with Crippen molar-refractivity contribution in [2.45, 2.75) is 50.2 Å². The summed E-state index contributed by atoms with van der Waals surface area (Å²) in [5.41, 5.74) is 0.234. The first-order valence-electron chi connectivity index (χ1n) is 8.59. The third-order valence-electron chi connectivity index (χ3n) is 5.16. The van der Waals surface area contributed by atoms with E-state index in [2.05, 4.69) is 15.3 Å². The van der Waals surface area contributed by atoms with E-state index in [0.717, 1.165) is 19.3 Å². The van der Waals surface area contributed by atoms with Crippen molar-refractivity contribution in [1.82, 2.24) is 15.3 Å². The zero-order chi connectivity index (χ0) is 16.6. The maximum absolute atomic E-state index is 12.7. The number of carbonyl (C=O) groups excluding carboxylic acids is 1. The molecule has 1 aliphatic carbocycles. The minimum atomic E-state index is -0.509. The summed E-state index contributed by atoms with van der Waals surface area (Å²) >= 11 is 0. The van der Waals surface area contributed by atoms with Crippen LogP contribution in [0.15, 0.2) is 29.1 Å². The van der Waals surface area contributed by atoms with Crippen LogP contribution in [0.3, 0.4) is 0 Å². The molecule has 0 unspecified atom stereocenters. The Hall–Kier alpha value is -2.21. The highest BCUT2D eigenvalue weighted by molar-refractivity contribution is 6.04. The van der Waals surface area contributed by atoms with E-state index in [1.165, 1.54) is 19.3 Å². The Morgan fingerprint density at radius 1 is 1.25 bits per heavy atom. The highest BCUT2D eigenvalue weighted by atomic mass is 16.5. The lowest BCUT2D eigenvalue weighted by Gasteiger charge is -2.32. The summed E-state index contributed by atoms with van der Waals surface area (Å²) in [6.07, 6.45) is 6.66. The van der Waals surface area contributed by atoms with Crippen LogP contribution in [0.25, 0.3) is 10.9 Å². The molecule has 1 amide bonds. The second-order valence-electron chi connectivity index (χ2n) is 6.87. The largest absolute Gasteiger partial charge is 0.373 e. The van der Waals surface area contributed by atoms with Gasteiger partial charge in [0.15, 0.2) is 0 Å². The lowest BCUT2D eigenvalue weighted by molar-refractivity contribution is -0.0246. The minimum Gasteiger partial charge on any atom is -0.373 e. The molecule has 2 aromatic rings. The van der Waals surface area contributed by atoms with Gasteiger partial charge in [-0.25, -0.2) is 4.79 Å². The predicted molar refractivity (Wildman–Crippen MR) is 90.0 cm³/mol. The number of rotatable bonds is 2. The molecule has 1 aromatic carbocycles. The van der Waals surface area contributed by atoms with Gasteiger partial charge < -0.3 is 15.0 Å². The number of nitrogens with one attached hydrogen (secondary N) is 2. The Kier molecular flexibility index (Phi) is 3.84. The summed E-state index contributed by atoms with van der Waals surface area (Å²) in [7, 11) is 0. The molecule has 6 heteroatoms. The predicted octanol–water partition coefficient (Wildman–Crippen LogP) is 2.14. The fraction of sp³-hybridized carbons (Fsp3) is 0.500. The summed E-state index contributed by atoms with van der Waals surface area (Å²) in [5, 5.41) is 3.66. The molecule has 2 aliphatic rings. The van der Waals surface area contributed by atoms with Crippen LogP contribution in [-0.2, 0) is 4.74 Å². The number of fused-ring (bicyclic) bond motifs is 1. The Morgan fingerprint density at radius 3 is 2.88 bits per heavy atom. The van der Waals surface area contributed by atoms with Crippen LogP contribution in [0.1, 0.15) is 49.0 Å². The van der Waals surface area contributed by atoms with Crippen LogP contribution in [0.2, 0.25) is 0 Å². The number of hydrogen-bond acceptors (Lipinski definition) is 4. The van der Waals surface area contributed by atoms with Crippen molar-refractivity contribution in [2.75, 3.05) is 6.61 Å². The van der Waals surface area contributed by atoms with E-state index >= 15 is 0 Å². The third kappa shape index (κ3) is 2.82. The average molecular weight is 327 g/mol. The summed E-state index contributed by atoms with van der Waals surface area (Å²) in [4.78, 5) is 30.9. The molecular formula is C18H21N3O3. The molecule has 4 rings (SSSR count). The Morgan fingerprint density at radius 2 is 2.04 bits per heavy atom. The van der Waals surface area contributed by atoms with E-state index < -0.39 is 5.69 Å². The second-order valence-corrected chi connectivity index (χ2v) is 6.87. The van der Waals surface area contributed by atoms with Crippen LogP contribution in [-0.4, -0.2) is 34.1 Å². The van der Waals surface area contributed by atoms with Crippen molar-refractivity contribution in [2.24, 2.45) is 0 Å². The van der Waals surface area contributed by atoms with Gasteiger partial charge in [-0.05, 0) is 25.3 Å². The summed E-state index contributed by atoms with van der Waals surface area (Å²) < 4.78 is 6.04. The molecule has 1 saturated heterocycles. The van der Waals surface area contributed by atoms with E-state index in [-0.39, 0.29) is 23.2 Å². The summed E-state index contributed by atoms with van der Waals surface area (Å²) in [5.74, 6) is -0.307. The Labute approximate surface area is 139 Å². The minimum absolute atomic E-state index is 0.0181. The SMILES string of the molecule is O=C(N[C@H]1COC2(CCCCC2)C1)c1nc(=O)[nH]c2ccccc12. The van der Waals surface area contributed by atoms with Crippen LogP contribution in [0.5, 0.6) is 0 Å². The quantitative estimate of drug-likeness (QED) is 0.885. The van der Waals surface area contributed by atoms with Gasteiger partial charge in [-0.1, -0.05) is 37.5 Å². The molecule has 1 aromatic heterocycles. The molecule has 0 radical (unpaired) electrons. The molecule has 1 spiro atoms. The molecule has 1 aliphatic heterocycles. The zero-order valence-electron chi connectivity index (χ0n) is 13.5. The van der Waals surface area contributed by atoms with Gasteiger partial charge in [0.25, 0.3) is 5.91 Å². The van der Waals surface area contributed by atoms with Gasteiger partial charge in [0.05, 0.1) is 23.8 Å². The molecule has 2 N–H and O–H groups in total. The molecular weight excluding hydrogens is 306 g/mol. The fourth-order valence-corrected chi connectivity index (χ4v) is 4.01. The van der Waals surface area contributed by atoms with Crippen molar-refractivity contribution in [3.05, 3.63) is 40.4 Å². The maximum Gasteiger partial charge on any atom is 0.346 e. The number of aromatic amines is 1. The number of hydrogen-bond donors (Lipinski definition) is 2. The number of benzene rings is 1. The molecule has 1 atom stereocenters. The van der Waals surface area contributed by atoms with Gasteiger partial charge >= 0.3 is 5.69 Å². The standard InChI is InChI=1S/C18H21N3O3/c22-16(15-13-6-2-3-7-14(13)20-17(23)21-15)19-12-10-18(24-11-12)8-4-1-5-9-18/h2-3,6-7,12H,1,4-5,8-11H2,(H,19,22)(H,20,21,23)/t12-/m1/s1. The number of H-pyrrole nitrogens is 1. The number of ether oxygens (including phenoxy) is 1. The molecule has 24 heavy (non-hydrogen) atoms. The molecule has 126 valence electrons. The van der Waals surface area contributed by atoms with Crippen molar-refractivity contribution in [3.63, 3.8) is 0 Å². The van der Waals surface area contributed by atoms with Crippen molar-refractivity contribution >= 4 is 16.8 Å². The van der Waals surface area contributed by atoms with Crippen LogP contribution in [0, 0.1) is 0 Å². The van der Waals surface area contributed by atoms with E-state index in [1.807, 2.05) is 12.1 Å². The Bertz CT molecular complexity index is 824. The lowest BCUT2D eigenvalue weighted by Crippen LogP contribution is -2.38. The number of carbonyl (C=O) groups is 1. The van der Waals surface area contributed by atoms with Gasteiger partial charge in [0.1, 0.15) is 5.69 Å². The second kappa shape index (κ2) is 6.02. The number of nitrogens with zero attached hydrogens (tertiary/aromatic N) is 1. The third-order valence-corrected chi connectivity index (χ3v) is 5.16. The van der Waals surface area contributed by atoms with E-state index in [9.17, 15) is 9.59 Å². The van der Waals surface area contributed by atoms with Gasteiger partial charge in [0.2, 0.25) is 0 Å².